The Morgan fingerprint density at radius 2 is 1.92 bits per heavy atom. The summed E-state index contributed by atoms with van der Waals surface area (Å²) in [6, 6.07) is 11.2. The summed E-state index contributed by atoms with van der Waals surface area (Å²) in [6.07, 6.45) is 4.53. The van der Waals surface area contributed by atoms with Crippen LogP contribution >= 0.6 is 0 Å². The number of benzene rings is 1. The van der Waals surface area contributed by atoms with Crippen LogP contribution in [0.15, 0.2) is 48.8 Å². The molecule has 0 radical (unpaired) electrons. The van der Waals surface area contributed by atoms with Crippen LogP contribution in [0.3, 0.4) is 0 Å². The molecule has 1 fully saturated rings. The first kappa shape index (κ1) is 17.4. The van der Waals surface area contributed by atoms with Crippen LogP contribution < -0.4 is 5.32 Å². The summed E-state index contributed by atoms with van der Waals surface area (Å²) < 4.78 is 5.28. The first-order chi connectivity index (χ1) is 12.1. The maximum Gasteiger partial charge on any atom is 0.321 e. The van der Waals surface area contributed by atoms with E-state index < -0.39 is 5.60 Å². The molecule has 2 N–H and O–H groups in total. The zero-order valence-electron chi connectivity index (χ0n) is 14.3. The minimum Gasteiger partial charge on any atom is -0.388 e. The van der Waals surface area contributed by atoms with Gasteiger partial charge in [0.2, 0.25) is 0 Å². The number of nitrogens with one attached hydrogen (secondary N) is 1. The van der Waals surface area contributed by atoms with E-state index in [9.17, 15) is 9.90 Å². The lowest BCUT2D eigenvalue weighted by Gasteiger charge is -2.35. The smallest absolute Gasteiger partial charge is 0.321 e. The lowest BCUT2D eigenvalue weighted by atomic mass is 9.94. The van der Waals surface area contributed by atoms with Crippen LogP contribution in [0.1, 0.15) is 12.8 Å². The lowest BCUT2D eigenvalue weighted by Crippen LogP contribution is -2.48. The minimum atomic E-state index is -0.880. The fourth-order valence-electron chi connectivity index (χ4n) is 3.01. The topological polar surface area (TPSA) is 74.7 Å². The third kappa shape index (κ3) is 4.35. The van der Waals surface area contributed by atoms with Gasteiger partial charge in [-0.3, -0.25) is 4.98 Å². The highest BCUT2D eigenvalue weighted by Gasteiger charge is 2.32. The van der Waals surface area contributed by atoms with Crippen molar-refractivity contribution in [3.8, 4) is 11.1 Å². The van der Waals surface area contributed by atoms with E-state index in [4.69, 9.17) is 4.74 Å². The number of urea groups is 1. The molecule has 1 aliphatic heterocycles. The second-order valence-corrected chi connectivity index (χ2v) is 6.40. The van der Waals surface area contributed by atoms with E-state index in [1.54, 1.807) is 19.4 Å². The van der Waals surface area contributed by atoms with Crippen LogP contribution in [0, 0.1) is 0 Å². The molecule has 25 heavy (non-hydrogen) atoms. The quantitative estimate of drug-likeness (QED) is 0.897. The summed E-state index contributed by atoms with van der Waals surface area (Å²) in [4.78, 5) is 18.1. The Labute approximate surface area is 147 Å². The van der Waals surface area contributed by atoms with Crippen LogP contribution in [0.5, 0.6) is 0 Å². The summed E-state index contributed by atoms with van der Waals surface area (Å²) in [5, 5.41) is 13.5. The van der Waals surface area contributed by atoms with Crippen molar-refractivity contribution < 1.29 is 14.6 Å². The third-order valence-corrected chi connectivity index (χ3v) is 4.46. The van der Waals surface area contributed by atoms with Gasteiger partial charge >= 0.3 is 6.03 Å². The lowest BCUT2D eigenvalue weighted by molar-refractivity contribution is -0.0717. The molecule has 0 unspecified atom stereocenters. The molecule has 1 aromatic heterocycles. The number of hydrogen-bond acceptors (Lipinski definition) is 4. The summed E-state index contributed by atoms with van der Waals surface area (Å²) >= 11 is 0. The van der Waals surface area contributed by atoms with E-state index in [1.807, 2.05) is 36.4 Å². The molecule has 0 aliphatic carbocycles. The van der Waals surface area contributed by atoms with E-state index in [1.165, 1.54) is 4.90 Å². The molecule has 2 aromatic rings. The number of likely N-dealkylation sites (N-methyl/N-ethyl adjacent to an activating group) is 1. The molecule has 6 heteroatoms. The van der Waals surface area contributed by atoms with Gasteiger partial charge in [-0.25, -0.2) is 4.79 Å². The fraction of sp³-hybridized carbons (Fsp3) is 0.368. The molecule has 132 valence electrons. The van der Waals surface area contributed by atoms with Gasteiger partial charge in [0.05, 0.1) is 17.8 Å². The van der Waals surface area contributed by atoms with E-state index in [-0.39, 0.29) is 12.6 Å². The molecule has 0 bridgehead atoms. The predicted molar refractivity (Wildman–Crippen MR) is 96.3 cm³/mol. The van der Waals surface area contributed by atoms with Gasteiger partial charge < -0.3 is 20.1 Å². The van der Waals surface area contributed by atoms with Crippen molar-refractivity contribution in [1.82, 2.24) is 9.88 Å². The van der Waals surface area contributed by atoms with Crippen LogP contribution in [0.2, 0.25) is 0 Å². The van der Waals surface area contributed by atoms with Crippen molar-refractivity contribution in [3.63, 3.8) is 0 Å². The summed E-state index contributed by atoms with van der Waals surface area (Å²) in [7, 11) is 1.69. The Balaban J connectivity index is 1.71. The molecular weight excluding hydrogens is 318 g/mol. The largest absolute Gasteiger partial charge is 0.388 e. The van der Waals surface area contributed by atoms with E-state index >= 15 is 0 Å². The average molecular weight is 341 g/mol. The van der Waals surface area contributed by atoms with Crippen LogP contribution in [0.25, 0.3) is 11.1 Å². The highest BCUT2D eigenvalue weighted by molar-refractivity contribution is 5.94. The zero-order chi connectivity index (χ0) is 17.7. The Hall–Kier alpha value is -2.44. The van der Waals surface area contributed by atoms with Crippen LogP contribution in [0.4, 0.5) is 10.5 Å². The standard InChI is InChI=1S/C19H23N3O3/c1-22(14-19(24)8-12-25-13-9-19)18(23)21-17-5-3-2-4-16(17)15-6-10-20-11-7-15/h2-7,10-11,24H,8-9,12-14H2,1H3,(H,21,23). The Bertz CT molecular complexity index is 715. The first-order valence-electron chi connectivity index (χ1n) is 8.39. The number of pyridine rings is 1. The monoisotopic (exact) mass is 341 g/mol. The van der Waals surface area contributed by atoms with Crippen molar-refractivity contribution in [1.29, 1.82) is 0 Å². The maximum absolute atomic E-state index is 12.6. The van der Waals surface area contributed by atoms with E-state index in [0.717, 1.165) is 16.8 Å². The van der Waals surface area contributed by atoms with Gasteiger partial charge in [-0.1, -0.05) is 18.2 Å². The molecule has 6 nitrogen and oxygen atoms in total. The molecule has 0 saturated carbocycles. The highest BCUT2D eigenvalue weighted by Crippen LogP contribution is 2.28. The molecular formula is C19H23N3O3. The van der Waals surface area contributed by atoms with Gasteiger partial charge in [0.25, 0.3) is 0 Å². The highest BCUT2D eigenvalue weighted by atomic mass is 16.5. The number of nitrogens with zero attached hydrogens (tertiary/aromatic N) is 2. The van der Waals surface area contributed by atoms with Crippen LogP contribution in [-0.4, -0.2) is 53.4 Å². The number of anilines is 1. The van der Waals surface area contributed by atoms with Gasteiger partial charge in [-0.05, 0) is 23.8 Å². The first-order valence-corrected chi connectivity index (χ1v) is 8.39. The molecule has 1 aliphatic rings. The van der Waals surface area contributed by atoms with Crippen molar-refractivity contribution in [2.75, 3.05) is 32.1 Å². The number of aliphatic hydroxyl groups is 1. The van der Waals surface area contributed by atoms with Crippen molar-refractivity contribution >= 4 is 11.7 Å². The number of para-hydroxylation sites is 1. The molecule has 3 rings (SSSR count). The fourth-order valence-corrected chi connectivity index (χ4v) is 3.01. The van der Waals surface area contributed by atoms with Gasteiger partial charge in [0.15, 0.2) is 0 Å². The Kier molecular flexibility index (Phi) is 5.31. The summed E-state index contributed by atoms with van der Waals surface area (Å²) in [5.74, 6) is 0. The van der Waals surface area contributed by atoms with Crippen LogP contribution in [-0.2, 0) is 4.74 Å². The number of rotatable bonds is 4. The maximum atomic E-state index is 12.6. The number of amides is 2. The molecule has 1 aromatic carbocycles. The van der Waals surface area contributed by atoms with Crippen molar-refractivity contribution in [2.24, 2.45) is 0 Å². The van der Waals surface area contributed by atoms with Gasteiger partial charge in [-0.2, -0.15) is 0 Å². The summed E-state index contributed by atoms with van der Waals surface area (Å²) in [6.45, 7) is 1.33. The molecule has 2 heterocycles. The SMILES string of the molecule is CN(CC1(O)CCOCC1)C(=O)Nc1ccccc1-c1ccncc1. The van der Waals surface area contributed by atoms with E-state index in [0.29, 0.717) is 26.1 Å². The molecule has 0 spiro atoms. The molecule has 2 amide bonds. The van der Waals surface area contributed by atoms with Gasteiger partial charge in [-0.15, -0.1) is 0 Å². The Morgan fingerprint density at radius 3 is 2.64 bits per heavy atom. The van der Waals surface area contributed by atoms with Gasteiger partial charge in [0, 0.05) is 51.1 Å². The Morgan fingerprint density at radius 1 is 1.24 bits per heavy atom. The van der Waals surface area contributed by atoms with Crippen molar-refractivity contribution in [2.45, 2.75) is 18.4 Å². The van der Waals surface area contributed by atoms with Crippen molar-refractivity contribution in [3.05, 3.63) is 48.8 Å². The number of carbonyl (C=O) groups excluding carboxylic acids is 1. The number of aromatic nitrogens is 1. The second-order valence-electron chi connectivity index (χ2n) is 6.40. The normalized spacial score (nSPS) is 16.2. The van der Waals surface area contributed by atoms with E-state index in [2.05, 4.69) is 10.3 Å². The average Bonchev–Trinajstić information content (AvgIpc) is 2.63. The second kappa shape index (κ2) is 7.63. The summed E-state index contributed by atoms with van der Waals surface area (Å²) in [5.41, 5.74) is 1.76. The zero-order valence-corrected chi connectivity index (χ0v) is 14.3. The van der Waals surface area contributed by atoms with Gasteiger partial charge in [0.1, 0.15) is 0 Å². The number of hydrogen-bond donors (Lipinski definition) is 2. The minimum absolute atomic E-state index is 0.249. The number of ether oxygens (including phenoxy) is 1. The third-order valence-electron chi connectivity index (χ3n) is 4.46. The number of carbonyl (C=O) groups is 1. The molecule has 1 saturated heterocycles. The molecule has 0 atom stereocenters. The predicted octanol–water partition coefficient (Wildman–Crippen LogP) is 2.75.